The number of carbonyl (C=O) groups is 1. The highest BCUT2D eigenvalue weighted by Crippen LogP contribution is 2.10. The Balaban J connectivity index is 2.63. The Morgan fingerprint density at radius 1 is 1.59 bits per heavy atom. The molecule has 1 amide bonds. The number of benzene rings is 1. The topological polar surface area (TPSA) is 75.3 Å². The first-order valence-electron chi connectivity index (χ1n) is 5.51. The molecule has 0 aliphatic heterocycles. The zero-order valence-electron chi connectivity index (χ0n) is 9.74. The van der Waals surface area contributed by atoms with Crippen molar-refractivity contribution in [3.63, 3.8) is 0 Å². The fraction of sp³-hybridized carbons (Fsp3) is 0.417. The Morgan fingerprint density at radius 3 is 2.88 bits per heavy atom. The Hall–Kier alpha value is -1.46. The Bertz CT molecular complexity index is 396. The average molecular weight is 240 g/mol. The lowest BCUT2D eigenvalue weighted by Crippen LogP contribution is -2.26. The van der Waals surface area contributed by atoms with Crippen LogP contribution in [0.25, 0.3) is 0 Å². The van der Waals surface area contributed by atoms with Crippen molar-refractivity contribution in [1.29, 1.82) is 0 Å². The molecule has 0 saturated carbocycles. The Kier molecular flexibility index (Phi) is 5.06. The van der Waals surface area contributed by atoms with E-state index in [0.717, 1.165) is 0 Å². The molecule has 1 rings (SSSR count). The van der Waals surface area contributed by atoms with Crippen molar-refractivity contribution in [1.82, 2.24) is 5.32 Å². The minimum absolute atomic E-state index is 0.254. The van der Waals surface area contributed by atoms with Crippen LogP contribution in [0.5, 0.6) is 0 Å². The van der Waals surface area contributed by atoms with Crippen LogP contribution in [0.2, 0.25) is 0 Å². The predicted molar refractivity (Wildman–Crippen MR) is 62.9 cm³/mol. The van der Waals surface area contributed by atoms with Crippen LogP contribution in [0.4, 0.5) is 4.39 Å². The third-order valence-corrected chi connectivity index (χ3v) is 2.50. The van der Waals surface area contributed by atoms with Gasteiger partial charge < -0.3 is 16.2 Å². The molecule has 0 fully saturated rings. The number of aliphatic hydroxyl groups is 1. The second-order valence-corrected chi connectivity index (χ2v) is 3.86. The summed E-state index contributed by atoms with van der Waals surface area (Å²) in [4.78, 5) is 10.9. The molecule has 0 saturated heterocycles. The second kappa shape index (κ2) is 6.32. The van der Waals surface area contributed by atoms with Crippen LogP contribution in [0.15, 0.2) is 18.2 Å². The van der Waals surface area contributed by atoms with Gasteiger partial charge in [-0.3, -0.25) is 4.79 Å². The molecule has 5 heteroatoms. The molecule has 1 atom stereocenters. The lowest BCUT2D eigenvalue weighted by molar-refractivity contribution is 0.1000. The molecule has 17 heavy (non-hydrogen) atoms. The molecule has 1 aromatic rings. The number of aliphatic hydroxyl groups excluding tert-OH is 1. The van der Waals surface area contributed by atoms with Gasteiger partial charge in [0, 0.05) is 24.2 Å². The van der Waals surface area contributed by atoms with Gasteiger partial charge in [-0.1, -0.05) is 6.92 Å². The normalized spacial score (nSPS) is 12.4. The smallest absolute Gasteiger partial charge is 0.248 e. The van der Waals surface area contributed by atoms with Gasteiger partial charge in [0.25, 0.3) is 0 Å². The van der Waals surface area contributed by atoms with Gasteiger partial charge in [-0.25, -0.2) is 4.39 Å². The fourth-order valence-electron chi connectivity index (χ4n) is 1.38. The molecule has 0 aliphatic carbocycles. The maximum Gasteiger partial charge on any atom is 0.248 e. The third kappa shape index (κ3) is 4.13. The average Bonchev–Trinajstić information content (AvgIpc) is 2.30. The van der Waals surface area contributed by atoms with E-state index in [2.05, 4.69) is 5.32 Å². The van der Waals surface area contributed by atoms with E-state index in [1.807, 2.05) is 6.92 Å². The van der Waals surface area contributed by atoms with E-state index >= 15 is 0 Å². The lowest BCUT2D eigenvalue weighted by Gasteiger charge is -2.10. The molecule has 0 radical (unpaired) electrons. The number of halogens is 1. The summed E-state index contributed by atoms with van der Waals surface area (Å²) < 4.78 is 13.4. The fourth-order valence-corrected chi connectivity index (χ4v) is 1.38. The van der Waals surface area contributed by atoms with Gasteiger partial charge in [0.15, 0.2) is 0 Å². The van der Waals surface area contributed by atoms with Crippen LogP contribution in [-0.4, -0.2) is 23.7 Å². The number of amides is 1. The quantitative estimate of drug-likeness (QED) is 0.688. The molecule has 4 nitrogen and oxygen atoms in total. The molecule has 0 spiro atoms. The molecule has 0 aromatic heterocycles. The largest absolute Gasteiger partial charge is 0.392 e. The summed E-state index contributed by atoms with van der Waals surface area (Å²) in [5.74, 6) is -0.978. The SMILES string of the molecule is CCC(O)CNCc1cc(C(N)=O)ccc1F. The van der Waals surface area contributed by atoms with Gasteiger partial charge in [0.05, 0.1) is 6.10 Å². The number of primary amides is 1. The van der Waals surface area contributed by atoms with Crippen molar-refractivity contribution in [3.05, 3.63) is 35.1 Å². The van der Waals surface area contributed by atoms with Gasteiger partial charge >= 0.3 is 0 Å². The predicted octanol–water partition coefficient (Wildman–Crippen LogP) is 0.785. The summed E-state index contributed by atoms with van der Waals surface area (Å²) in [6.07, 6.45) is 0.189. The maximum atomic E-state index is 13.4. The van der Waals surface area contributed by atoms with Crippen LogP contribution >= 0.6 is 0 Å². The number of carbonyl (C=O) groups excluding carboxylic acids is 1. The van der Waals surface area contributed by atoms with E-state index in [4.69, 9.17) is 5.73 Å². The minimum atomic E-state index is -0.583. The highest BCUT2D eigenvalue weighted by Gasteiger charge is 2.07. The first-order valence-corrected chi connectivity index (χ1v) is 5.51. The Morgan fingerprint density at radius 2 is 2.29 bits per heavy atom. The lowest BCUT2D eigenvalue weighted by atomic mass is 10.1. The third-order valence-electron chi connectivity index (χ3n) is 2.50. The first-order chi connectivity index (χ1) is 8.04. The highest BCUT2D eigenvalue weighted by atomic mass is 19.1. The van der Waals surface area contributed by atoms with Gasteiger partial charge in [-0.05, 0) is 24.6 Å². The van der Waals surface area contributed by atoms with Crippen LogP contribution in [0, 0.1) is 5.82 Å². The summed E-state index contributed by atoms with van der Waals surface area (Å²) in [5.41, 5.74) is 5.75. The number of nitrogens with one attached hydrogen (secondary N) is 1. The number of rotatable bonds is 6. The summed E-state index contributed by atoms with van der Waals surface area (Å²) in [6.45, 7) is 2.50. The molecule has 0 aliphatic rings. The number of nitrogens with two attached hydrogens (primary N) is 1. The summed E-state index contributed by atoms with van der Waals surface area (Å²) in [6, 6.07) is 3.98. The van der Waals surface area contributed by atoms with Gasteiger partial charge in [-0.2, -0.15) is 0 Å². The number of hydrogen-bond donors (Lipinski definition) is 3. The van der Waals surface area contributed by atoms with Crippen LogP contribution in [0.3, 0.4) is 0 Å². The molecule has 0 bridgehead atoms. The summed E-state index contributed by atoms with van der Waals surface area (Å²) in [5, 5.41) is 12.2. The van der Waals surface area contributed by atoms with Crippen molar-refractivity contribution in [2.45, 2.75) is 26.0 Å². The van der Waals surface area contributed by atoms with Crippen molar-refractivity contribution in [2.24, 2.45) is 5.73 Å². The maximum absolute atomic E-state index is 13.4. The zero-order chi connectivity index (χ0) is 12.8. The van der Waals surface area contributed by atoms with Crippen molar-refractivity contribution in [3.8, 4) is 0 Å². The van der Waals surface area contributed by atoms with E-state index in [9.17, 15) is 14.3 Å². The van der Waals surface area contributed by atoms with E-state index < -0.39 is 17.8 Å². The van der Waals surface area contributed by atoms with Crippen molar-refractivity contribution >= 4 is 5.91 Å². The minimum Gasteiger partial charge on any atom is -0.392 e. The monoisotopic (exact) mass is 240 g/mol. The van der Waals surface area contributed by atoms with Crippen LogP contribution < -0.4 is 11.1 Å². The molecule has 4 N–H and O–H groups in total. The van der Waals surface area contributed by atoms with Crippen molar-refractivity contribution in [2.75, 3.05) is 6.54 Å². The Labute approximate surface area is 99.6 Å². The highest BCUT2D eigenvalue weighted by molar-refractivity contribution is 5.92. The van der Waals surface area contributed by atoms with Gasteiger partial charge in [0.2, 0.25) is 5.91 Å². The summed E-state index contributed by atoms with van der Waals surface area (Å²) in [7, 11) is 0. The summed E-state index contributed by atoms with van der Waals surface area (Å²) >= 11 is 0. The van der Waals surface area contributed by atoms with E-state index in [-0.39, 0.29) is 12.1 Å². The van der Waals surface area contributed by atoms with Gasteiger partial charge in [0.1, 0.15) is 5.82 Å². The van der Waals surface area contributed by atoms with E-state index in [1.54, 1.807) is 0 Å². The zero-order valence-corrected chi connectivity index (χ0v) is 9.74. The number of hydrogen-bond acceptors (Lipinski definition) is 3. The first kappa shape index (κ1) is 13.6. The standard InChI is InChI=1S/C12H17FN2O2/c1-2-10(16)7-15-6-9-5-8(12(14)17)3-4-11(9)13/h3-5,10,15-16H,2,6-7H2,1H3,(H2,14,17). The van der Waals surface area contributed by atoms with E-state index in [0.29, 0.717) is 18.5 Å². The van der Waals surface area contributed by atoms with Crippen LogP contribution in [0.1, 0.15) is 29.3 Å². The second-order valence-electron chi connectivity index (χ2n) is 3.86. The van der Waals surface area contributed by atoms with E-state index in [1.165, 1.54) is 18.2 Å². The van der Waals surface area contributed by atoms with Crippen LogP contribution in [-0.2, 0) is 6.54 Å². The van der Waals surface area contributed by atoms with Crippen molar-refractivity contribution < 1.29 is 14.3 Å². The molecule has 1 aromatic carbocycles. The molecular formula is C12H17FN2O2. The molecule has 0 heterocycles. The molecule has 94 valence electrons. The molecular weight excluding hydrogens is 223 g/mol. The van der Waals surface area contributed by atoms with Gasteiger partial charge in [-0.15, -0.1) is 0 Å². The molecule has 1 unspecified atom stereocenters.